The predicted molar refractivity (Wildman–Crippen MR) is 116 cm³/mol. The van der Waals surface area contributed by atoms with Crippen LogP contribution in [0.1, 0.15) is 43.3 Å². The number of hydrogen-bond donors (Lipinski definition) is 2. The van der Waals surface area contributed by atoms with E-state index >= 15 is 0 Å². The molecule has 6 nitrogen and oxygen atoms in total. The van der Waals surface area contributed by atoms with Crippen LogP contribution in [-0.2, 0) is 20.0 Å². The van der Waals surface area contributed by atoms with Crippen LogP contribution in [0.3, 0.4) is 0 Å². The number of hydrogen-bond acceptors (Lipinski definition) is 3. The minimum atomic E-state index is 0.534. The molecular formula is C22H35N5O. The van der Waals surface area contributed by atoms with Gasteiger partial charge < -0.3 is 15.4 Å². The Hall–Kier alpha value is -2.50. The molecule has 2 aromatic rings. The second-order valence-electron chi connectivity index (χ2n) is 7.49. The van der Waals surface area contributed by atoms with Crippen LogP contribution < -0.4 is 15.4 Å². The SMILES string of the molecule is CCNC(=NCc1c(C)nn(C)c1C)NCCc1ccc(OCC(C)C)cc1. The molecule has 0 aliphatic heterocycles. The Morgan fingerprint density at radius 1 is 1.18 bits per heavy atom. The Kier molecular flexibility index (Phi) is 8.36. The Labute approximate surface area is 169 Å². The van der Waals surface area contributed by atoms with Gasteiger partial charge in [-0.3, -0.25) is 4.68 Å². The monoisotopic (exact) mass is 385 g/mol. The van der Waals surface area contributed by atoms with E-state index in [2.05, 4.69) is 55.6 Å². The molecule has 0 radical (unpaired) electrons. The quantitative estimate of drug-likeness (QED) is 0.513. The van der Waals surface area contributed by atoms with E-state index in [1.54, 1.807) is 0 Å². The van der Waals surface area contributed by atoms with E-state index in [0.29, 0.717) is 12.5 Å². The molecule has 1 aromatic heterocycles. The second-order valence-corrected chi connectivity index (χ2v) is 7.49. The Morgan fingerprint density at radius 3 is 2.46 bits per heavy atom. The molecule has 0 atom stereocenters. The summed E-state index contributed by atoms with van der Waals surface area (Å²) in [5.74, 6) is 2.30. The number of aromatic nitrogens is 2. The van der Waals surface area contributed by atoms with E-state index in [1.165, 1.54) is 11.1 Å². The van der Waals surface area contributed by atoms with Crippen molar-refractivity contribution in [3.8, 4) is 5.75 Å². The molecular weight excluding hydrogens is 350 g/mol. The summed E-state index contributed by atoms with van der Waals surface area (Å²) in [5.41, 5.74) is 4.67. The van der Waals surface area contributed by atoms with Gasteiger partial charge in [0.1, 0.15) is 5.75 Å². The van der Waals surface area contributed by atoms with Crippen LogP contribution in [0.2, 0.25) is 0 Å². The molecule has 1 aromatic carbocycles. The summed E-state index contributed by atoms with van der Waals surface area (Å²) in [6, 6.07) is 8.35. The van der Waals surface area contributed by atoms with Crippen LogP contribution in [0.5, 0.6) is 5.75 Å². The Balaban J connectivity index is 1.87. The number of rotatable bonds is 9. The van der Waals surface area contributed by atoms with E-state index < -0.39 is 0 Å². The lowest BCUT2D eigenvalue weighted by Crippen LogP contribution is -2.38. The summed E-state index contributed by atoms with van der Waals surface area (Å²) >= 11 is 0. The van der Waals surface area contributed by atoms with Gasteiger partial charge in [0.25, 0.3) is 0 Å². The number of aryl methyl sites for hydroxylation is 2. The molecule has 0 aliphatic rings. The van der Waals surface area contributed by atoms with Gasteiger partial charge in [-0.05, 0) is 50.8 Å². The van der Waals surface area contributed by atoms with Gasteiger partial charge in [-0.2, -0.15) is 5.10 Å². The predicted octanol–water partition coefficient (Wildman–Crippen LogP) is 3.37. The second kappa shape index (κ2) is 10.7. The van der Waals surface area contributed by atoms with Crippen molar-refractivity contribution in [2.24, 2.45) is 18.0 Å². The van der Waals surface area contributed by atoms with Crippen molar-refractivity contribution in [3.05, 3.63) is 46.8 Å². The maximum absolute atomic E-state index is 5.74. The van der Waals surface area contributed by atoms with Crippen LogP contribution in [0.25, 0.3) is 0 Å². The van der Waals surface area contributed by atoms with Crippen molar-refractivity contribution in [2.45, 2.75) is 47.6 Å². The van der Waals surface area contributed by atoms with Crippen molar-refractivity contribution >= 4 is 5.96 Å². The highest BCUT2D eigenvalue weighted by molar-refractivity contribution is 5.79. The van der Waals surface area contributed by atoms with Crippen molar-refractivity contribution in [1.82, 2.24) is 20.4 Å². The molecule has 0 bridgehead atoms. The average molecular weight is 386 g/mol. The summed E-state index contributed by atoms with van der Waals surface area (Å²) in [6.07, 6.45) is 0.930. The van der Waals surface area contributed by atoms with Crippen molar-refractivity contribution in [2.75, 3.05) is 19.7 Å². The molecule has 0 saturated heterocycles. The fourth-order valence-electron chi connectivity index (χ4n) is 2.89. The highest BCUT2D eigenvalue weighted by Crippen LogP contribution is 2.14. The smallest absolute Gasteiger partial charge is 0.191 e. The maximum atomic E-state index is 5.74. The highest BCUT2D eigenvalue weighted by atomic mass is 16.5. The maximum Gasteiger partial charge on any atom is 0.191 e. The first-order valence-corrected chi connectivity index (χ1v) is 10.1. The first-order valence-electron chi connectivity index (χ1n) is 10.1. The summed E-state index contributed by atoms with van der Waals surface area (Å²) < 4.78 is 7.65. The lowest BCUT2D eigenvalue weighted by Gasteiger charge is -2.12. The lowest BCUT2D eigenvalue weighted by atomic mass is 10.1. The van der Waals surface area contributed by atoms with Crippen LogP contribution in [0, 0.1) is 19.8 Å². The topological polar surface area (TPSA) is 63.5 Å². The molecule has 154 valence electrons. The zero-order valence-corrected chi connectivity index (χ0v) is 18.2. The van der Waals surface area contributed by atoms with Gasteiger partial charge in [-0.25, -0.2) is 4.99 Å². The van der Waals surface area contributed by atoms with Crippen LogP contribution >= 0.6 is 0 Å². The number of aliphatic imine (C=N–C) groups is 1. The summed E-state index contributed by atoms with van der Waals surface area (Å²) in [6.45, 7) is 13.5. The number of nitrogens with zero attached hydrogens (tertiary/aromatic N) is 3. The molecule has 2 rings (SSSR count). The molecule has 6 heteroatoms. The Morgan fingerprint density at radius 2 is 1.89 bits per heavy atom. The molecule has 0 aliphatic carbocycles. The van der Waals surface area contributed by atoms with Gasteiger partial charge in [-0.15, -0.1) is 0 Å². The van der Waals surface area contributed by atoms with Crippen molar-refractivity contribution < 1.29 is 4.74 Å². The summed E-state index contributed by atoms with van der Waals surface area (Å²) in [5, 5.41) is 11.2. The number of nitrogens with one attached hydrogen (secondary N) is 2. The summed E-state index contributed by atoms with van der Waals surface area (Å²) in [4.78, 5) is 4.73. The van der Waals surface area contributed by atoms with Crippen LogP contribution in [-0.4, -0.2) is 35.4 Å². The number of ether oxygens (including phenoxy) is 1. The zero-order valence-electron chi connectivity index (χ0n) is 18.2. The third-order valence-corrected chi connectivity index (χ3v) is 4.61. The zero-order chi connectivity index (χ0) is 20.5. The van der Waals surface area contributed by atoms with Gasteiger partial charge in [0.05, 0.1) is 18.8 Å². The van der Waals surface area contributed by atoms with Gasteiger partial charge in [0.15, 0.2) is 5.96 Å². The third kappa shape index (κ3) is 6.59. The van der Waals surface area contributed by atoms with Crippen LogP contribution in [0.4, 0.5) is 0 Å². The molecule has 0 spiro atoms. The number of benzene rings is 1. The van der Waals surface area contributed by atoms with Gasteiger partial charge >= 0.3 is 0 Å². The summed E-state index contributed by atoms with van der Waals surface area (Å²) in [7, 11) is 1.97. The normalized spacial score (nSPS) is 11.8. The minimum Gasteiger partial charge on any atom is -0.493 e. The van der Waals surface area contributed by atoms with Gasteiger partial charge in [0, 0.05) is 31.4 Å². The van der Waals surface area contributed by atoms with Gasteiger partial charge in [0.2, 0.25) is 0 Å². The average Bonchev–Trinajstić information content (AvgIpc) is 2.90. The molecule has 0 unspecified atom stereocenters. The van der Waals surface area contributed by atoms with Gasteiger partial charge in [-0.1, -0.05) is 26.0 Å². The largest absolute Gasteiger partial charge is 0.493 e. The molecule has 0 amide bonds. The molecule has 0 saturated carbocycles. The van der Waals surface area contributed by atoms with E-state index in [-0.39, 0.29) is 0 Å². The Bertz CT molecular complexity index is 762. The van der Waals surface area contributed by atoms with Crippen LogP contribution in [0.15, 0.2) is 29.3 Å². The van der Waals surface area contributed by atoms with E-state index in [0.717, 1.165) is 49.2 Å². The standard InChI is InChI=1S/C22H35N5O/c1-7-23-22(25-14-21-17(4)26-27(6)18(21)5)24-13-12-19-8-10-20(11-9-19)28-15-16(2)3/h8-11,16H,7,12-15H2,1-6H3,(H2,23,24,25). The number of guanidine groups is 1. The van der Waals surface area contributed by atoms with E-state index in [9.17, 15) is 0 Å². The molecule has 1 heterocycles. The van der Waals surface area contributed by atoms with E-state index in [4.69, 9.17) is 9.73 Å². The van der Waals surface area contributed by atoms with Crippen molar-refractivity contribution in [1.29, 1.82) is 0 Å². The highest BCUT2D eigenvalue weighted by Gasteiger charge is 2.09. The lowest BCUT2D eigenvalue weighted by molar-refractivity contribution is 0.271. The fraction of sp³-hybridized carbons (Fsp3) is 0.545. The molecule has 28 heavy (non-hydrogen) atoms. The molecule has 2 N–H and O–H groups in total. The minimum absolute atomic E-state index is 0.534. The van der Waals surface area contributed by atoms with E-state index in [1.807, 2.05) is 30.8 Å². The third-order valence-electron chi connectivity index (χ3n) is 4.61. The fourth-order valence-corrected chi connectivity index (χ4v) is 2.89. The first-order chi connectivity index (χ1) is 13.4. The van der Waals surface area contributed by atoms with Crippen molar-refractivity contribution in [3.63, 3.8) is 0 Å². The molecule has 0 fully saturated rings. The first kappa shape index (κ1) is 21.8.